The molecule has 1 aromatic carbocycles. The maximum absolute atomic E-state index is 14.5. The molecule has 14 atom stereocenters. The van der Waals surface area contributed by atoms with Crippen LogP contribution in [0, 0.1) is 23.7 Å². The minimum atomic E-state index is -1.46. The lowest BCUT2D eigenvalue weighted by Crippen LogP contribution is -2.60. The summed E-state index contributed by atoms with van der Waals surface area (Å²) >= 11 is 6.66. The molecule has 4 aliphatic rings. The Balaban J connectivity index is 1.26. The van der Waals surface area contributed by atoms with Crippen molar-refractivity contribution in [3.8, 4) is 0 Å². The SMILES string of the molecule is CC[C@H]1OC(=O)[C@H](C)[C@@H](OC(=O)CCNCCNc2cc3c(=O)c(C(=O)O)cn(C4CC4)c3cc2Cl)[C@H](C)[C@@H](O[C@@H]2O[C@H](C)C[C@H](N(C)C)[C@H]2O)[C@](C)(OC)C[C@@H](C)/C(=N\OC)[C@H](C)[C@H]2OC(=O)O[C@@]21C. The molecule has 21 heteroatoms. The van der Waals surface area contributed by atoms with Crippen molar-refractivity contribution in [3.05, 3.63) is 39.1 Å². The van der Waals surface area contributed by atoms with Crippen LogP contribution in [0.5, 0.6) is 0 Å². The minimum Gasteiger partial charge on any atom is -0.477 e. The Morgan fingerprint density at radius 2 is 1.72 bits per heavy atom. The molecule has 6 rings (SSSR count). The topological polar surface area (TPSA) is 244 Å². The highest BCUT2D eigenvalue weighted by atomic mass is 35.5. The molecule has 2 aromatic rings. The van der Waals surface area contributed by atoms with E-state index in [9.17, 15) is 34.2 Å². The molecule has 1 aromatic heterocycles. The van der Waals surface area contributed by atoms with Crippen LogP contribution in [0.3, 0.4) is 0 Å². The predicted octanol–water partition coefficient (Wildman–Crippen LogP) is 5.77. The van der Waals surface area contributed by atoms with Crippen molar-refractivity contribution in [2.75, 3.05) is 53.3 Å². The molecule has 0 radical (unpaired) electrons. The number of aliphatic hydroxyl groups excluding tert-OH is 1. The van der Waals surface area contributed by atoms with Gasteiger partial charge in [0, 0.05) is 68.2 Å². The van der Waals surface area contributed by atoms with Crippen molar-refractivity contribution < 1.29 is 67.4 Å². The van der Waals surface area contributed by atoms with Crippen molar-refractivity contribution in [2.45, 2.75) is 160 Å². The summed E-state index contributed by atoms with van der Waals surface area (Å²) in [7, 11) is 6.69. The number of ether oxygens (including phenoxy) is 7. The van der Waals surface area contributed by atoms with E-state index >= 15 is 0 Å². The number of rotatable bonds is 16. The van der Waals surface area contributed by atoms with E-state index in [1.54, 1.807) is 44.4 Å². The normalized spacial score (nSPS) is 34.5. The third-order valence-corrected chi connectivity index (χ3v) is 15.2. The maximum Gasteiger partial charge on any atom is 0.509 e. The van der Waals surface area contributed by atoms with Gasteiger partial charge in [-0.1, -0.05) is 44.5 Å². The van der Waals surface area contributed by atoms with Gasteiger partial charge < -0.3 is 68.3 Å². The Kier molecular flexibility index (Phi) is 18.1. The number of aliphatic hydroxyl groups is 1. The summed E-state index contributed by atoms with van der Waals surface area (Å²) < 4.78 is 45.7. The number of nitrogens with one attached hydrogen (secondary N) is 2. The van der Waals surface area contributed by atoms with Gasteiger partial charge >= 0.3 is 24.1 Å². The average Bonchev–Trinajstić information content (AvgIpc) is 4.11. The van der Waals surface area contributed by atoms with Gasteiger partial charge in [0.05, 0.1) is 52.1 Å². The number of carboxylic acids is 1. The second kappa shape index (κ2) is 23.1. The van der Waals surface area contributed by atoms with E-state index in [0.717, 1.165) is 12.8 Å². The molecule has 0 spiro atoms. The van der Waals surface area contributed by atoms with Gasteiger partial charge in [-0.15, -0.1) is 0 Å². The first-order chi connectivity index (χ1) is 33.5. The lowest BCUT2D eigenvalue weighted by molar-refractivity contribution is -0.301. The maximum atomic E-state index is 14.5. The second-order valence-electron chi connectivity index (χ2n) is 20.3. The first kappa shape index (κ1) is 55.7. The van der Waals surface area contributed by atoms with Crippen molar-refractivity contribution in [3.63, 3.8) is 0 Å². The van der Waals surface area contributed by atoms with Gasteiger partial charge in [0.25, 0.3) is 0 Å². The largest absolute Gasteiger partial charge is 0.509 e. The Bertz CT molecular complexity index is 2350. The smallest absolute Gasteiger partial charge is 0.477 e. The quantitative estimate of drug-likeness (QED) is 0.0674. The number of likely N-dealkylation sites (N-methyl/N-ethyl adjacent to an activating group) is 1. The van der Waals surface area contributed by atoms with Crippen LogP contribution in [-0.4, -0.2) is 158 Å². The second-order valence-corrected chi connectivity index (χ2v) is 20.7. The van der Waals surface area contributed by atoms with Crippen LogP contribution in [-0.2, 0) is 47.6 Å². The first-order valence-electron chi connectivity index (χ1n) is 24.7. The fraction of sp³-hybridized carbons (Fsp3) is 0.720. The highest BCUT2D eigenvalue weighted by molar-refractivity contribution is 6.34. The number of hydrogen-bond acceptors (Lipinski definition) is 18. The fourth-order valence-corrected chi connectivity index (χ4v) is 11.0. The number of methoxy groups -OCH3 is 1. The number of anilines is 1. The van der Waals surface area contributed by atoms with Crippen molar-refractivity contribution >= 4 is 58.0 Å². The summed E-state index contributed by atoms with van der Waals surface area (Å²) in [5.41, 5.74) is -2.10. The zero-order valence-electron chi connectivity index (χ0n) is 43.0. The molecule has 71 heavy (non-hydrogen) atoms. The first-order valence-corrected chi connectivity index (χ1v) is 25.0. The summed E-state index contributed by atoms with van der Waals surface area (Å²) in [6.45, 7) is 15.2. The van der Waals surface area contributed by atoms with Gasteiger partial charge in [-0.05, 0) is 86.0 Å². The molecule has 3 saturated heterocycles. The standard InChI is InChI=1S/C50H74ClN5O15/c1-13-37-50(8)44(70-48(63)71-50)27(4)39(54-65-12)25(2)23-49(7,64-11)43(69-47-41(59)36(55(9)10)20-26(3)66-47)28(5)42(29(6)46(62)67-37)68-38(57)16-17-52-18-19-53-34-21-31-35(22-33(34)51)56(30-14-15-30)24-32(40(31)58)45(60)61/h21-22,24-30,36-37,41-44,47,52-53,59H,13-20,23H2,1-12H3,(H,60,61)/b54-39+/t25-,26-,27+,28+,29-,36+,37-,41-,42+,43-,44-,47+,49-,50-/m1/s1. The van der Waals surface area contributed by atoms with E-state index in [1.165, 1.54) is 20.4 Å². The van der Waals surface area contributed by atoms with Gasteiger partial charge in [-0.25, -0.2) is 9.59 Å². The number of carboxylic acid groups (broad SMARTS) is 1. The Labute approximate surface area is 420 Å². The number of fused-ring (bicyclic) bond motifs is 2. The summed E-state index contributed by atoms with van der Waals surface area (Å²) in [5.74, 6) is -5.65. The summed E-state index contributed by atoms with van der Waals surface area (Å²) in [5, 5.41) is 33.0. The number of esters is 2. The number of carbonyl (C=O) groups is 4. The Morgan fingerprint density at radius 1 is 1.01 bits per heavy atom. The number of aromatic nitrogens is 1. The summed E-state index contributed by atoms with van der Waals surface area (Å²) in [6, 6.07) is 3.01. The van der Waals surface area contributed by atoms with E-state index in [-0.39, 0.29) is 54.9 Å². The molecular weight excluding hydrogens is 946 g/mol. The molecule has 4 heterocycles. The number of benzene rings is 1. The minimum absolute atomic E-state index is 0.103. The molecule has 0 amide bonds. The average molecular weight is 1020 g/mol. The van der Waals surface area contributed by atoms with E-state index in [1.807, 2.05) is 46.7 Å². The van der Waals surface area contributed by atoms with Crippen LogP contribution in [0.4, 0.5) is 10.5 Å². The molecule has 0 bridgehead atoms. The molecule has 0 unspecified atom stereocenters. The fourth-order valence-electron chi connectivity index (χ4n) is 10.8. The van der Waals surface area contributed by atoms with Gasteiger partial charge in [-0.2, -0.15) is 0 Å². The number of hydrogen-bond donors (Lipinski definition) is 4. The van der Waals surface area contributed by atoms with Crippen LogP contribution < -0.4 is 16.1 Å². The number of carbonyl (C=O) groups excluding carboxylic acids is 3. The lowest BCUT2D eigenvalue weighted by Gasteiger charge is -2.48. The van der Waals surface area contributed by atoms with Crippen molar-refractivity contribution in [1.29, 1.82) is 0 Å². The van der Waals surface area contributed by atoms with E-state index in [2.05, 4.69) is 15.8 Å². The monoisotopic (exact) mass is 1020 g/mol. The highest BCUT2D eigenvalue weighted by Gasteiger charge is 2.59. The van der Waals surface area contributed by atoms with Gasteiger partial charge in [0.1, 0.15) is 31.0 Å². The summed E-state index contributed by atoms with van der Waals surface area (Å²) in [6.07, 6.45) is -3.65. The van der Waals surface area contributed by atoms with Crippen LogP contribution in [0.1, 0.15) is 110 Å². The predicted molar refractivity (Wildman–Crippen MR) is 263 cm³/mol. The highest BCUT2D eigenvalue weighted by Crippen LogP contribution is 2.44. The molecule has 20 nitrogen and oxygen atoms in total. The summed E-state index contributed by atoms with van der Waals surface area (Å²) in [4.78, 5) is 74.0. The lowest BCUT2D eigenvalue weighted by atomic mass is 9.73. The van der Waals surface area contributed by atoms with E-state index < -0.39 is 101 Å². The molecule has 3 aliphatic heterocycles. The number of aromatic carboxylic acids is 1. The van der Waals surface area contributed by atoms with Crippen LogP contribution in [0.25, 0.3) is 10.9 Å². The number of oxime groups is 1. The van der Waals surface area contributed by atoms with Gasteiger partial charge in [0.2, 0.25) is 5.43 Å². The van der Waals surface area contributed by atoms with E-state index in [0.29, 0.717) is 41.4 Å². The number of halogens is 1. The van der Waals surface area contributed by atoms with Crippen molar-refractivity contribution in [1.82, 2.24) is 14.8 Å². The molecular formula is C50H74ClN5O15. The number of nitrogens with zero attached hydrogens (tertiary/aromatic N) is 3. The number of pyridine rings is 1. The Hall–Kier alpha value is -4.57. The third-order valence-electron chi connectivity index (χ3n) is 14.9. The molecule has 1 aliphatic carbocycles. The zero-order chi connectivity index (χ0) is 52.3. The Morgan fingerprint density at radius 3 is 2.34 bits per heavy atom. The molecule has 4 N–H and O–H groups in total. The molecule has 1 saturated carbocycles. The van der Waals surface area contributed by atoms with Crippen LogP contribution in [0.2, 0.25) is 5.02 Å². The molecule has 4 fully saturated rings. The van der Waals surface area contributed by atoms with Crippen LogP contribution >= 0.6 is 11.6 Å². The zero-order valence-corrected chi connectivity index (χ0v) is 43.8. The third kappa shape index (κ3) is 12.1. The van der Waals surface area contributed by atoms with E-state index in [4.69, 9.17) is 49.6 Å². The molecule has 396 valence electrons. The van der Waals surface area contributed by atoms with Crippen LogP contribution in [0.15, 0.2) is 28.3 Å². The van der Waals surface area contributed by atoms with Gasteiger partial charge in [-0.3, -0.25) is 14.4 Å². The van der Waals surface area contributed by atoms with Gasteiger partial charge in [0.15, 0.2) is 18.0 Å². The number of cyclic esters (lactones) is 1. The van der Waals surface area contributed by atoms with Crippen molar-refractivity contribution in [2.24, 2.45) is 28.8 Å².